The van der Waals surface area contributed by atoms with Crippen LogP contribution in [0.3, 0.4) is 0 Å². The molecule has 0 saturated heterocycles. The van der Waals surface area contributed by atoms with E-state index in [4.69, 9.17) is 8.22 Å². The molecular weight excluding hydrogens is 348 g/mol. The second-order valence-electron chi connectivity index (χ2n) is 8.58. The first-order chi connectivity index (χ1) is 16.0. The highest BCUT2D eigenvalue weighted by molar-refractivity contribution is 5.39. The van der Waals surface area contributed by atoms with E-state index in [1.165, 1.54) is 0 Å². The van der Waals surface area contributed by atoms with Crippen LogP contribution in [0, 0.1) is 33.6 Å². The molecule has 0 heterocycles. The van der Waals surface area contributed by atoms with Gasteiger partial charge in [-0.3, -0.25) is 0 Å². The summed E-state index contributed by atoms with van der Waals surface area (Å²) in [6.07, 6.45) is -4.93. The van der Waals surface area contributed by atoms with Gasteiger partial charge in [0.25, 0.3) is 0 Å². The molecule has 0 nitrogen and oxygen atoms in total. The van der Waals surface area contributed by atoms with Gasteiger partial charge in [0.2, 0.25) is 0 Å². The first-order valence-corrected chi connectivity index (χ1v) is 10.4. The average molecular weight is 391 g/mol. The molecule has 3 aromatic carbocycles. The molecule has 0 atom stereocenters. The van der Waals surface area contributed by atoms with Crippen molar-refractivity contribution in [3.05, 3.63) is 105 Å². The maximum atomic E-state index is 9.04. The van der Waals surface area contributed by atoms with E-state index in [0.29, 0.717) is 34.2 Å². The highest BCUT2D eigenvalue weighted by Gasteiger charge is 2.06. The van der Waals surface area contributed by atoms with Crippen LogP contribution in [0.2, 0.25) is 0 Å². The van der Waals surface area contributed by atoms with E-state index < -0.39 is 19.1 Å². The van der Waals surface area contributed by atoms with Crippen molar-refractivity contribution in [1.82, 2.24) is 0 Å². The minimum Gasteiger partial charge on any atom is -0.0628 e. The van der Waals surface area contributed by atoms with Gasteiger partial charge < -0.3 is 0 Å². The third-order valence-corrected chi connectivity index (χ3v) is 4.67. The van der Waals surface area contributed by atoms with Gasteiger partial charge in [-0.15, -0.1) is 0 Å². The summed E-state index contributed by atoms with van der Waals surface area (Å²) in [5.41, 5.74) is 5.71. The zero-order chi connectivity index (χ0) is 26.3. The van der Waals surface area contributed by atoms with E-state index in [0.717, 1.165) is 22.3 Å². The standard InChI is InChI=1S/C29H36/c1-20(2)7-8-25-10-23(5)13-27(16-25)18-29-15-24(6)14-28(19-29)17-26-11-21(3)9-22(4)12-26/h9-16,19-20H,7-8,17-18H2,1-6H3/i8D2,17D2,18D2. The van der Waals surface area contributed by atoms with Crippen LogP contribution < -0.4 is 0 Å². The van der Waals surface area contributed by atoms with Crippen molar-refractivity contribution in [3.8, 4) is 0 Å². The molecule has 152 valence electrons. The second-order valence-corrected chi connectivity index (χ2v) is 8.58. The van der Waals surface area contributed by atoms with Crippen LogP contribution in [0.5, 0.6) is 0 Å². The van der Waals surface area contributed by atoms with Gasteiger partial charge in [-0.2, -0.15) is 0 Å². The molecule has 0 aromatic heterocycles. The van der Waals surface area contributed by atoms with E-state index in [1.54, 1.807) is 36.4 Å². The lowest BCUT2D eigenvalue weighted by Gasteiger charge is -2.12. The molecule has 0 radical (unpaired) electrons. The minimum absolute atomic E-state index is 0.164. The number of hydrogen-bond acceptors (Lipinski definition) is 0. The monoisotopic (exact) mass is 390 g/mol. The van der Waals surface area contributed by atoms with Crippen LogP contribution in [0.15, 0.2) is 54.6 Å². The molecule has 0 spiro atoms. The van der Waals surface area contributed by atoms with Gasteiger partial charge in [0.15, 0.2) is 0 Å². The fraction of sp³-hybridized carbons (Fsp3) is 0.379. The Bertz CT molecular complexity index is 1200. The summed E-state index contributed by atoms with van der Waals surface area (Å²) >= 11 is 0. The summed E-state index contributed by atoms with van der Waals surface area (Å²) in [4.78, 5) is 0. The smallest absolute Gasteiger partial charge is 0.0366 e. The molecule has 0 heteroatoms. The Labute approximate surface area is 186 Å². The van der Waals surface area contributed by atoms with Crippen molar-refractivity contribution < 1.29 is 8.22 Å². The van der Waals surface area contributed by atoms with Crippen LogP contribution in [0.4, 0.5) is 0 Å². The maximum Gasteiger partial charge on any atom is 0.0366 e. The Hall–Kier alpha value is -2.34. The normalized spacial score (nSPS) is 15.8. The van der Waals surface area contributed by atoms with Crippen LogP contribution in [-0.2, 0) is 19.1 Å². The van der Waals surface area contributed by atoms with Crippen molar-refractivity contribution in [1.29, 1.82) is 0 Å². The number of hydrogen-bond donors (Lipinski definition) is 0. The lowest BCUT2D eigenvalue weighted by Crippen LogP contribution is -1.98. The zero-order valence-electron chi connectivity index (χ0n) is 24.5. The third kappa shape index (κ3) is 6.60. The highest BCUT2D eigenvalue weighted by atomic mass is 14.1. The highest BCUT2D eigenvalue weighted by Crippen LogP contribution is 2.21. The first kappa shape index (κ1) is 14.6. The minimum atomic E-state index is -1.92. The van der Waals surface area contributed by atoms with Crippen LogP contribution in [-0.4, -0.2) is 0 Å². The van der Waals surface area contributed by atoms with Crippen molar-refractivity contribution in [3.63, 3.8) is 0 Å². The summed E-state index contributed by atoms with van der Waals surface area (Å²) in [6, 6.07) is 16.0. The van der Waals surface area contributed by atoms with E-state index >= 15 is 0 Å². The molecule has 3 rings (SSSR count). The molecule has 0 saturated carbocycles. The molecule has 29 heavy (non-hydrogen) atoms. The summed E-state index contributed by atoms with van der Waals surface area (Å²) in [5, 5.41) is 0. The molecule has 0 aliphatic heterocycles. The van der Waals surface area contributed by atoms with E-state index in [2.05, 4.69) is 0 Å². The molecule has 0 unspecified atom stereocenters. The fourth-order valence-corrected chi connectivity index (χ4v) is 3.59. The fourth-order valence-electron chi connectivity index (χ4n) is 3.59. The van der Waals surface area contributed by atoms with Crippen molar-refractivity contribution in [2.24, 2.45) is 5.92 Å². The van der Waals surface area contributed by atoms with Crippen LogP contribution in [0.1, 0.15) is 78.6 Å². The molecule has 0 aliphatic carbocycles. The predicted molar refractivity (Wildman–Crippen MR) is 127 cm³/mol. The summed E-state index contributed by atoms with van der Waals surface area (Å²) < 4.78 is 53.1. The van der Waals surface area contributed by atoms with Gasteiger partial charge in [-0.25, -0.2) is 0 Å². The Morgan fingerprint density at radius 1 is 0.552 bits per heavy atom. The van der Waals surface area contributed by atoms with Gasteiger partial charge >= 0.3 is 0 Å². The topological polar surface area (TPSA) is 0 Å². The largest absolute Gasteiger partial charge is 0.0628 e. The Morgan fingerprint density at radius 2 is 0.897 bits per heavy atom. The van der Waals surface area contributed by atoms with Gasteiger partial charge in [-0.1, -0.05) is 90.7 Å². The van der Waals surface area contributed by atoms with Gasteiger partial charge in [0.1, 0.15) is 0 Å². The van der Waals surface area contributed by atoms with Gasteiger partial charge in [-0.05, 0) is 87.0 Å². The van der Waals surface area contributed by atoms with Crippen LogP contribution >= 0.6 is 0 Å². The molecule has 0 bridgehead atoms. The Morgan fingerprint density at radius 3 is 1.34 bits per heavy atom. The van der Waals surface area contributed by atoms with Crippen molar-refractivity contribution >= 4 is 0 Å². The molecule has 0 N–H and O–H groups in total. The van der Waals surface area contributed by atoms with E-state index in [-0.39, 0.29) is 5.92 Å². The van der Waals surface area contributed by atoms with Crippen molar-refractivity contribution in [2.45, 2.75) is 67.1 Å². The summed E-state index contributed by atoms with van der Waals surface area (Å²) in [6.45, 7) is 11.6. The Kier molecular flexibility index (Phi) is 4.76. The number of benzene rings is 3. The number of rotatable bonds is 7. The van der Waals surface area contributed by atoms with E-state index in [9.17, 15) is 0 Å². The van der Waals surface area contributed by atoms with E-state index in [1.807, 2.05) is 59.7 Å². The number of aryl methyl sites for hydroxylation is 5. The first-order valence-electron chi connectivity index (χ1n) is 13.4. The van der Waals surface area contributed by atoms with Crippen LogP contribution in [0.25, 0.3) is 0 Å². The molecule has 0 aliphatic rings. The van der Waals surface area contributed by atoms with Gasteiger partial charge in [0.05, 0.1) is 0 Å². The SMILES string of the molecule is [2H]C([2H])(CC(C)C)c1cc(C)cc(C([2H])([2H])c2cc(C)cc(C([2H])([2H])c3cc(C)cc(C)c3)c2)c1. The summed E-state index contributed by atoms with van der Waals surface area (Å²) in [5.74, 6) is 0.164. The van der Waals surface area contributed by atoms with Crippen molar-refractivity contribution in [2.75, 3.05) is 0 Å². The zero-order valence-corrected chi connectivity index (χ0v) is 18.5. The summed E-state index contributed by atoms with van der Waals surface area (Å²) in [7, 11) is 0. The average Bonchev–Trinajstić information content (AvgIpc) is 2.71. The van der Waals surface area contributed by atoms with Gasteiger partial charge in [0, 0.05) is 8.22 Å². The predicted octanol–water partition coefficient (Wildman–Crippen LogP) is 7.69. The molecule has 0 fully saturated rings. The molecular formula is C29H36. The Balaban J connectivity index is 2.12. The second kappa shape index (κ2) is 9.44. The lowest BCUT2D eigenvalue weighted by molar-refractivity contribution is 0.586. The molecule has 3 aromatic rings. The third-order valence-electron chi connectivity index (χ3n) is 4.67. The lowest BCUT2D eigenvalue weighted by atomic mass is 9.93. The molecule has 0 amide bonds. The quantitative estimate of drug-likeness (QED) is 0.388. The maximum absolute atomic E-state index is 9.04.